The molecule has 1 aliphatic heterocycles. The minimum absolute atomic E-state index is 0.822. The van der Waals surface area contributed by atoms with Crippen molar-refractivity contribution in [1.29, 1.82) is 0 Å². The van der Waals surface area contributed by atoms with Crippen molar-refractivity contribution >= 4 is 22.6 Å². The van der Waals surface area contributed by atoms with E-state index in [0.29, 0.717) is 0 Å². The largest absolute Gasteiger partial charge is 0.288 e. The molecule has 0 fully saturated rings. The maximum atomic E-state index is 4.20. The van der Waals surface area contributed by atoms with Crippen molar-refractivity contribution in [1.82, 2.24) is 0 Å². The molecule has 0 aliphatic carbocycles. The summed E-state index contributed by atoms with van der Waals surface area (Å²) in [6.45, 7) is 0.822. The van der Waals surface area contributed by atoms with Gasteiger partial charge in [-0.15, -0.1) is 0 Å². The molecule has 0 atom stereocenters. The van der Waals surface area contributed by atoms with Crippen LogP contribution in [0.4, 0.5) is 0 Å². The zero-order valence-electron chi connectivity index (χ0n) is 8.35. The van der Waals surface area contributed by atoms with Gasteiger partial charge in [-0.3, -0.25) is 4.99 Å². The Hall–Kier alpha value is -1.89. The van der Waals surface area contributed by atoms with E-state index in [4.69, 9.17) is 0 Å². The molecule has 1 nitrogen and oxygen atoms in total. The highest BCUT2D eigenvalue weighted by molar-refractivity contribution is 6.12. The van der Waals surface area contributed by atoms with E-state index in [1.54, 1.807) is 0 Å². The van der Waals surface area contributed by atoms with Gasteiger partial charge < -0.3 is 0 Å². The third-order valence-electron chi connectivity index (χ3n) is 2.73. The Kier molecular flexibility index (Phi) is 1.88. The lowest BCUT2D eigenvalue weighted by Crippen LogP contribution is -1.83. The van der Waals surface area contributed by atoms with Crippen LogP contribution >= 0.6 is 0 Å². The molecular weight excluding hydrogens is 182 g/mol. The topological polar surface area (TPSA) is 12.4 Å². The Morgan fingerprint density at radius 3 is 2.60 bits per heavy atom. The van der Waals surface area contributed by atoms with E-state index in [0.717, 1.165) is 6.54 Å². The standard InChI is InChI=1S/C14H11N/c1-2-4-12-9-13(6-5-11(12)3-1)14-7-8-15-10-14/h1-7,9-10H,8H2. The zero-order chi connectivity index (χ0) is 10.1. The molecule has 0 saturated carbocycles. The van der Waals surface area contributed by atoms with E-state index in [9.17, 15) is 0 Å². The summed E-state index contributed by atoms with van der Waals surface area (Å²) in [5.41, 5.74) is 2.50. The predicted molar refractivity (Wildman–Crippen MR) is 65.3 cm³/mol. The molecule has 0 unspecified atom stereocenters. The number of nitrogens with zero attached hydrogens (tertiary/aromatic N) is 1. The smallest absolute Gasteiger partial charge is 0.0580 e. The Morgan fingerprint density at radius 1 is 0.933 bits per heavy atom. The number of aliphatic imine (C=N–C) groups is 1. The van der Waals surface area contributed by atoms with Crippen LogP contribution in [0.5, 0.6) is 0 Å². The number of benzene rings is 2. The van der Waals surface area contributed by atoms with Crippen molar-refractivity contribution in [2.75, 3.05) is 6.54 Å². The van der Waals surface area contributed by atoms with Crippen LogP contribution in [0.1, 0.15) is 5.56 Å². The van der Waals surface area contributed by atoms with Crippen LogP contribution in [0.15, 0.2) is 53.5 Å². The average Bonchev–Trinajstić information content (AvgIpc) is 2.82. The highest BCUT2D eigenvalue weighted by Gasteiger charge is 2.02. The second-order valence-electron chi connectivity index (χ2n) is 3.72. The molecular formula is C14H11N. The monoisotopic (exact) mass is 193 g/mol. The number of hydrogen-bond donors (Lipinski definition) is 0. The number of fused-ring (bicyclic) bond motifs is 1. The second kappa shape index (κ2) is 3.35. The average molecular weight is 193 g/mol. The molecule has 0 spiro atoms. The first-order chi connectivity index (χ1) is 7.43. The third-order valence-corrected chi connectivity index (χ3v) is 2.73. The second-order valence-corrected chi connectivity index (χ2v) is 3.72. The van der Waals surface area contributed by atoms with Crippen molar-refractivity contribution in [3.05, 3.63) is 54.1 Å². The first kappa shape index (κ1) is 8.42. The number of hydrogen-bond acceptors (Lipinski definition) is 1. The summed E-state index contributed by atoms with van der Waals surface area (Å²) in [4.78, 5) is 4.20. The fourth-order valence-corrected chi connectivity index (χ4v) is 1.92. The van der Waals surface area contributed by atoms with Crippen LogP contribution in [0.3, 0.4) is 0 Å². The van der Waals surface area contributed by atoms with Gasteiger partial charge in [0.2, 0.25) is 0 Å². The zero-order valence-corrected chi connectivity index (χ0v) is 8.35. The molecule has 0 radical (unpaired) electrons. The highest BCUT2D eigenvalue weighted by Crippen LogP contribution is 2.21. The minimum atomic E-state index is 0.822. The van der Waals surface area contributed by atoms with Gasteiger partial charge in [0.1, 0.15) is 0 Å². The Balaban J connectivity index is 2.17. The van der Waals surface area contributed by atoms with Crippen LogP contribution in [0.25, 0.3) is 16.3 Å². The summed E-state index contributed by atoms with van der Waals surface area (Å²) in [5.74, 6) is 0. The van der Waals surface area contributed by atoms with E-state index in [1.165, 1.54) is 21.9 Å². The van der Waals surface area contributed by atoms with E-state index >= 15 is 0 Å². The molecule has 0 amide bonds. The van der Waals surface area contributed by atoms with Crippen molar-refractivity contribution in [3.8, 4) is 0 Å². The minimum Gasteiger partial charge on any atom is -0.288 e. The van der Waals surface area contributed by atoms with Gasteiger partial charge in [0.15, 0.2) is 0 Å². The van der Waals surface area contributed by atoms with Gasteiger partial charge >= 0.3 is 0 Å². The van der Waals surface area contributed by atoms with Crippen LogP contribution in [-0.4, -0.2) is 12.8 Å². The van der Waals surface area contributed by atoms with E-state index in [1.807, 2.05) is 6.21 Å². The molecule has 0 saturated heterocycles. The summed E-state index contributed by atoms with van der Waals surface area (Å²) in [7, 11) is 0. The fourth-order valence-electron chi connectivity index (χ4n) is 1.92. The predicted octanol–water partition coefficient (Wildman–Crippen LogP) is 3.31. The Bertz CT molecular complexity index is 564. The summed E-state index contributed by atoms with van der Waals surface area (Å²) < 4.78 is 0. The third kappa shape index (κ3) is 1.46. The molecule has 1 heterocycles. The van der Waals surface area contributed by atoms with Gasteiger partial charge in [-0.2, -0.15) is 0 Å². The number of allylic oxidation sites excluding steroid dienone is 1. The number of rotatable bonds is 1. The molecule has 72 valence electrons. The first-order valence-corrected chi connectivity index (χ1v) is 5.13. The van der Waals surface area contributed by atoms with E-state index in [2.05, 4.69) is 53.5 Å². The lowest BCUT2D eigenvalue weighted by molar-refractivity contribution is 1.29. The summed E-state index contributed by atoms with van der Waals surface area (Å²) in [5, 5.41) is 2.58. The molecule has 0 N–H and O–H groups in total. The quantitative estimate of drug-likeness (QED) is 0.659. The van der Waals surface area contributed by atoms with Crippen LogP contribution < -0.4 is 0 Å². The summed E-state index contributed by atoms with van der Waals surface area (Å²) in [6, 6.07) is 15.0. The lowest BCUT2D eigenvalue weighted by atomic mass is 10.0. The molecule has 15 heavy (non-hydrogen) atoms. The maximum absolute atomic E-state index is 4.20. The molecule has 0 aromatic heterocycles. The fraction of sp³-hybridized carbons (Fsp3) is 0.0714. The van der Waals surface area contributed by atoms with Gasteiger partial charge in [0, 0.05) is 6.21 Å². The normalized spacial score (nSPS) is 14.5. The van der Waals surface area contributed by atoms with Crippen molar-refractivity contribution in [2.45, 2.75) is 0 Å². The lowest BCUT2D eigenvalue weighted by Gasteiger charge is -2.02. The molecule has 2 aromatic rings. The summed E-state index contributed by atoms with van der Waals surface area (Å²) >= 11 is 0. The Labute approximate surface area is 88.8 Å². The SMILES string of the molecule is C1=NCC=C1c1ccc2ccccc2c1. The molecule has 1 aliphatic rings. The van der Waals surface area contributed by atoms with Gasteiger partial charge in [0.05, 0.1) is 6.54 Å². The highest BCUT2D eigenvalue weighted by atomic mass is 14.7. The van der Waals surface area contributed by atoms with Gasteiger partial charge in [0.25, 0.3) is 0 Å². The first-order valence-electron chi connectivity index (χ1n) is 5.13. The van der Waals surface area contributed by atoms with Gasteiger partial charge in [-0.1, -0.05) is 42.5 Å². The van der Waals surface area contributed by atoms with Crippen molar-refractivity contribution in [2.24, 2.45) is 4.99 Å². The maximum Gasteiger partial charge on any atom is 0.0580 e. The van der Waals surface area contributed by atoms with Crippen LogP contribution in [0.2, 0.25) is 0 Å². The van der Waals surface area contributed by atoms with E-state index < -0.39 is 0 Å². The molecule has 3 rings (SSSR count). The van der Waals surface area contributed by atoms with Crippen molar-refractivity contribution < 1.29 is 0 Å². The van der Waals surface area contributed by atoms with Crippen LogP contribution in [0, 0.1) is 0 Å². The van der Waals surface area contributed by atoms with E-state index in [-0.39, 0.29) is 0 Å². The summed E-state index contributed by atoms with van der Waals surface area (Å²) in [6.07, 6.45) is 4.11. The molecule has 2 aromatic carbocycles. The van der Waals surface area contributed by atoms with Crippen molar-refractivity contribution in [3.63, 3.8) is 0 Å². The molecule has 0 bridgehead atoms. The van der Waals surface area contributed by atoms with Gasteiger partial charge in [-0.25, -0.2) is 0 Å². The Morgan fingerprint density at radius 2 is 1.80 bits per heavy atom. The van der Waals surface area contributed by atoms with Crippen LogP contribution in [-0.2, 0) is 0 Å². The molecule has 1 heteroatoms. The van der Waals surface area contributed by atoms with Gasteiger partial charge in [-0.05, 0) is 28.0 Å².